The Kier molecular flexibility index (Phi) is 7.17. The summed E-state index contributed by atoms with van der Waals surface area (Å²) in [5.74, 6) is 0.525. The molecule has 3 aliphatic rings. The maximum atomic E-state index is 13.1. The average molecular weight is 500 g/mol. The summed E-state index contributed by atoms with van der Waals surface area (Å²) in [7, 11) is 0. The molecule has 0 saturated carbocycles. The highest BCUT2D eigenvalue weighted by Gasteiger charge is 2.31. The Hall–Kier alpha value is -2.75. The smallest absolute Gasteiger partial charge is 0.256 e. The van der Waals surface area contributed by atoms with Gasteiger partial charge >= 0.3 is 0 Å². The van der Waals surface area contributed by atoms with Crippen LogP contribution in [-0.4, -0.2) is 64.4 Å². The van der Waals surface area contributed by atoms with Crippen molar-refractivity contribution in [2.45, 2.75) is 45.4 Å². The van der Waals surface area contributed by atoms with Crippen molar-refractivity contribution in [2.24, 2.45) is 5.92 Å². The molecule has 0 aliphatic carbocycles. The molecule has 0 spiro atoms. The first-order chi connectivity index (χ1) is 17.0. The second kappa shape index (κ2) is 10.5. The van der Waals surface area contributed by atoms with Crippen molar-refractivity contribution >= 4 is 23.4 Å². The van der Waals surface area contributed by atoms with Gasteiger partial charge in [0, 0.05) is 30.5 Å². The number of carbonyl (C=O) groups excluding carboxylic acids is 2. The number of hydrogen-bond acceptors (Lipinski definition) is 6. The lowest BCUT2D eigenvalue weighted by Crippen LogP contribution is -2.46. The van der Waals surface area contributed by atoms with Gasteiger partial charge in [-0.05, 0) is 49.5 Å². The summed E-state index contributed by atoms with van der Waals surface area (Å²) < 4.78 is 5.31. The number of amides is 2. The predicted molar refractivity (Wildman–Crippen MR) is 130 cm³/mol. The zero-order valence-electron chi connectivity index (χ0n) is 19.6. The van der Waals surface area contributed by atoms with Crippen LogP contribution in [0.2, 0.25) is 5.02 Å². The lowest BCUT2D eigenvalue weighted by molar-refractivity contribution is -0.138. The number of hydrogen-bond donors (Lipinski definition) is 2. The molecule has 10 heteroatoms. The van der Waals surface area contributed by atoms with Gasteiger partial charge in [-0.2, -0.15) is 0 Å². The molecule has 35 heavy (non-hydrogen) atoms. The fourth-order valence-electron chi connectivity index (χ4n) is 5.17. The van der Waals surface area contributed by atoms with Crippen LogP contribution in [0.3, 0.4) is 0 Å². The molecular formula is C25H30ClN5O4. The molecular weight excluding hydrogens is 470 g/mol. The van der Waals surface area contributed by atoms with E-state index in [1.165, 1.54) is 0 Å². The Labute approximate surface area is 208 Å². The van der Waals surface area contributed by atoms with Crippen LogP contribution in [0.5, 0.6) is 0 Å². The largest absolute Gasteiger partial charge is 0.376 e. The van der Waals surface area contributed by atoms with Gasteiger partial charge in [-0.3, -0.25) is 19.3 Å². The second-order valence-electron chi connectivity index (χ2n) is 9.45. The SMILES string of the molecule is O=C(CN1CCC(C(=O)N2CCc3c(Cl)cccc3C2)CC1)NCc1nc2c(c(=O)[nH]1)COCC2. The molecule has 0 unspecified atom stereocenters. The number of benzene rings is 1. The summed E-state index contributed by atoms with van der Waals surface area (Å²) in [6.45, 7) is 3.99. The Morgan fingerprint density at radius 1 is 1.17 bits per heavy atom. The molecule has 0 atom stereocenters. The second-order valence-corrected chi connectivity index (χ2v) is 9.86. The maximum Gasteiger partial charge on any atom is 0.256 e. The predicted octanol–water partition coefficient (Wildman–Crippen LogP) is 1.41. The third-order valence-corrected chi connectivity index (χ3v) is 7.51. The molecule has 1 saturated heterocycles. The minimum atomic E-state index is -0.203. The molecule has 2 amide bonds. The standard InChI is InChI=1S/C25H30ClN5O4/c26-20-3-1-2-17-13-31(10-6-18(17)20)25(34)16-4-8-30(9-5-16)14-23(32)27-12-22-28-21-7-11-35-15-19(21)24(33)29-22/h1-3,16H,4-15H2,(H,27,32)(H,28,29,33). The normalized spacial score (nSPS) is 18.6. The number of H-pyrrole nitrogens is 1. The first-order valence-electron chi connectivity index (χ1n) is 12.2. The Balaban J connectivity index is 1.08. The number of nitrogens with zero attached hydrogens (tertiary/aromatic N) is 3. The lowest BCUT2D eigenvalue weighted by atomic mass is 9.93. The minimum absolute atomic E-state index is 0.0104. The third-order valence-electron chi connectivity index (χ3n) is 7.16. The van der Waals surface area contributed by atoms with E-state index in [1.54, 1.807) is 0 Å². The molecule has 0 radical (unpaired) electrons. The Bertz CT molecular complexity index is 1170. The molecule has 3 aliphatic heterocycles. The summed E-state index contributed by atoms with van der Waals surface area (Å²) in [5.41, 5.74) is 3.40. The van der Waals surface area contributed by atoms with Crippen molar-refractivity contribution in [3.05, 3.63) is 61.8 Å². The number of ether oxygens (including phenoxy) is 1. The van der Waals surface area contributed by atoms with Gasteiger partial charge in [0.25, 0.3) is 5.56 Å². The van der Waals surface area contributed by atoms with Crippen molar-refractivity contribution in [3.63, 3.8) is 0 Å². The summed E-state index contributed by atoms with van der Waals surface area (Å²) in [6.07, 6.45) is 2.88. The highest BCUT2D eigenvalue weighted by Crippen LogP contribution is 2.28. The minimum Gasteiger partial charge on any atom is -0.376 e. The Morgan fingerprint density at radius 3 is 2.83 bits per heavy atom. The number of rotatable bonds is 5. The number of piperidine rings is 1. The molecule has 1 aromatic carbocycles. The lowest BCUT2D eigenvalue weighted by Gasteiger charge is -2.36. The van der Waals surface area contributed by atoms with Crippen molar-refractivity contribution < 1.29 is 14.3 Å². The highest BCUT2D eigenvalue weighted by molar-refractivity contribution is 6.31. The van der Waals surface area contributed by atoms with Gasteiger partial charge in [-0.15, -0.1) is 0 Å². The molecule has 1 aromatic heterocycles. The van der Waals surface area contributed by atoms with Crippen LogP contribution in [0.25, 0.3) is 0 Å². The van der Waals surface area contributed by atoms with Crippen molar-refractivity contribution in [3.8, 4) is 0 Å². The number of halogens is 1. The topological polar surface area (TPSA) is 108 Å². The van der Waals surface area contributed by atoms with Crippen LogP contribution in [0.4, 0.5) is 0 Å². The van der Waals surface area contributed by atoms with E-state index in [1.807, 2.05) is 23.1 Å². The van der Waals surface area contributed by atoms with E-state index in [9.17, 15) is 14.4 Å². The highest BCUT2D eigenvalue weighted by atomic mass is 35.5. The van der Waals surface area contributed by atoms with Crippen LogP contribution < -0.4 is 10.9 Å². The zero-order chi connectivity index (χ0) is 24.4. The third kappa shape index (κ3) is 5.42. The van der Waals surface area contributed by atoms with E-state index >= 15 is 0 Å². The molecule has 186 valence electrons. The number of fused-ring (bicyclic) bond motifs is 2. The quantitative estimate of drug-likeness (QED) is 0.644. The van der Waals surface area contributed by atoms with E-state index in [0.29, 0.717) is 50.6 Å². The summed E-state index contributed by atoms with van der Waals surface area (Å²) in [4.78, 5) is 49.0. The van der Waals surface area contributed by atoms with E-state index in [2.05, 4.69) is 20.2 Å². The molecule has 1 fully saturated rings. The van der Waals surface area contributed by atoms with Gasteiger partial charge in [-0.1, -0.05) is 23.7 Å². The van der Waals surface area contributed by atoms with Crippen molar-refractivity contribution in [1.29, 1.82) is 0 Å². The molecule has 0 bridgehead atoms. The van der Waals surface area contributed by atoms with Crippen LogP contribution in [0.15, 0.2) is 23.0 Å². The van der Waals surface area contributed by atoms with Crippen molar-refractivity contribution in [1.82, 2.24) is 25.1 Å². The summed E-state index contributed by atoms with van der Waals surface area (Å²) in [5, 5.41) is 3.63. The molecule has 2 aromatic rings. The van der Waals surface area contributed by atoms with Crippen LogP contribution in [0, 0.1) is 5.92 Å². The first kappa shape index (κ1) is 24.0. The van der Waals surface area contributed by atoms with Gasteiger partial charge in [0.15, 0.2) is 0 Å². The monoisotopic (exact) mass is 499 g/mol. The van der Waals surface area contributed by atoms with Gasteiger partial charge in [0.2, 0.25) is 11.8 Å². The van der Waals surface area contributed by atoms with E-state index in [-0.39, 0.29) is 43.0 Å². The molecule has 5 rings (SSSR count). The van der Waals surface area contributed by atoms with Gasteiger partial charge < -0.3 is 19.9 Å². The van der Waals surface area contributed by atoms with E-state index in [0.717, 1.165) is 41.1 Å². The van der Waals surface area contributed by atoms with E-state index in [4.69, 9.17) is 16.3 Å². The maximum absolute atomic E-state index is 13.1. The fraction of sp³-hybridized carbons (Fsp3) is 0.520. The number of carbonyl (C=O) groups is 2. The van der Waals surface area contributed by atoms with Crippen LogP contribution >= 0.6 is 11.6 Å². The number of nitrogens with one attached hydrogen (secondary N) is 2. The summed E-state index contributed by atoms with van der Waals surface area (Å²) in [6, 6.07) is 5.89. The number of aromatic nitrogens is 2. The average Bonchev–Trinajstić information content (AvgIpc) is 2.87. The molecule has 9 nitrogen and oxygen atoms in total. The van der Waals surface area contributed by atoms with E-state index < -0.39 is 0 Å². The summed E-state index contributed by atoms with van der Waals surface area (Å²) >= 11 is 6.30. The van der Waals surface area contributed by atoms with Gasteiger partial charge in [0.1, 0.15) is 5.82 Å². The number of aromatic amines is 1. The number of likely N-dealkylation sites (tertiary alicyclic amines) is 1. The van der Waals surface area contributed by atoms with Gasteiger partial charge in [-0.25, -0.2) is 4.98 Å². The molecule has 2 N–H and O–H groups in total. The van der Waals surface area contributed by atoms with Crippen LogP contribution in [0.1, 0.15) is 41.1 Å². The molecule has 4 heterocycles. The van der Waals surface area contributed by atoms with Crippen LogP contribution in [-0.2, 0) is 46.9 Å². The van der Waals surface area contributed by atoms with Crippen molar-refractivity contribution in [2.75, 3.05) is 32.8 Å². The zero-order valence-corrected chi connectivity index (χ0v) is 20.4. The first-order valence-corrected chi connectivity index (χ1v) is 12.6. The van der Waals surface area contributed by atoms with Gasteiger partial charge in [0.05, 0.1) is 37.6 Å². The Morgan fingerprint density at radius 2 is 2.00 bits per heavy atom. The fourth-order valence-corrected chi connectivity index (χ4v) is 5.46.